The van der Waals surface area contributed by atoms with Gasteiger partial charge < -0.3 is 10.5 Å². The van der Waals surface area contributed by atoms with Crippen LogP contribution in [0.15, 0.2) is 17.7 Å². The molecule has 21 heavy (non-hydrogen) atoms. The number of nitriles is 1. The van der Waals surface area contributed by atoms with Crippen LogP contribution < -0.4 is 10.5 Å². The Kier molecular flexibility index (Phi) is 2.94. The van der Waals surface area contributed by atoms with Crippen LogP contribution >= 0.6 is 0 Å². The summed E-state index contributed by atoms with van der Waals surface area (Å²) in [7, 11) is 0. The zero-order chi connectivity index (χ0) is 15.1. The maximum absolute atomic E-state index is 9.48. The minimum Gasteiger partial charge on any atom is -0.420 e. The van der Waals surface area contributed by atoms with E-state index in [4.69, 9.17) is 10.5 Å². The Balaban J connectivity index is 2.25. The molecule has 0 spiro atoms. The lowest BCUT2D eigenvalue weighted by Gasteiger charge is -2.23. The molecule has 1 unspecified atom stereocenters. The van der Waals surface area contributed by atoms with Gasteiger partial charge in [-0.25, -0.2) is 0 Å². The summed E-state index contributed by atoms with van der Waals surface area (Å²) in [5, 5.41) is 20.8. The van der Waals surface area contributed by atoms with E-state index >= 15 is 0 Å². The largest absolute Gasteiger partial charge is 0.420 e. The summed E-state index contributed by atoms with van der Waals surface area (Å²) in [5.41, 5.74) is 9.95. The molecule has 1 aliphatic rings. The lowest BCUT2D eigenvalue weighted by atomic mass is 9.84. The Hall–Kier alpha value is -2.75. The highest BCUT2D eigenvalue weighted by atomic mass is 16.5. The number of rotatable bonds is 2. The van der Waals surface area contributed by atoms with Crippen molar-refractivity contribution in [3.8, 4) is 11.9 Å². The molecule has 0 saturated heterocycles. The van der Waals surface area contributed by atoms with Gasteiger partial charge in [-0.1, -0.05) is 0 Å². The summed E-state index contributed by atoms with van der Waals surface area (Å²) < 4.78 is 7.34. The number of hydrogen-bond donors (Lipinski definition) is 2. The van der Waals surface area contributed by atoms with Crippen LogP contribution in [0.2, 0.25) is 0 Å². The van der Waals surface area contributed by atoms with Crippen molar-refractivity contribution in [2.24, 2.45) is 5.73 Å². The Morgan fingerprint density at radius 3 is 2.90 bits per heavy atom. The van der Waals surface area contributed by atoms with Crippen molar-refractivity contribution in [1.82, 2.24) is 20.0 Å². The van der Waals surface area contributed by atoms with Crippen molar-refractivity contribution >= 4 is 0 Å². The quantitative estimate of drug-likeness (QED) is 0.868. The molecule has 108 valence electrons. The van der Waals surface area contributed by atoms with Crippen LogP contribution in [0.1, 0.15) is 35.4 Å². The molecular formula is C14H16N6O. The van der Waals surface area contributed by atoms with E-state index in [1.54, 1.807) is 6.20 Å². The van der Waals surface area contributed by atoms with E-state index in [1.165, 1.54) is 0 Å². The van der Waals surface area contributed by atoms with Crippen molar-refractivity contribution in [2.75, 3.05) is 0 Å². The molecule has 0 aromatic carbocycles. The van der Waals surface area contributed by atoms with E-state index in [0.717, 1.165) is 29.1 Å². The molecule has 3 N–H and O–H groups in total. The predicted molar refractivity (Wildman–Crippen MR) is 75.3 cm³/mol. The molecule has 2 aromatic rings. The first-order valence-corrected chi connectivity index (χ1v) is 6.73. The van der Waals surface area contributed by atoms with Gasteiger partial charge in [0, 0.05) is 29.1 Å². The topological polar surface area (TPSA) is 106 Å². The number of aryl methyl sites for hydroxylation is 2. The molecule has 3 heterocycles. The summed E-state index contributed by atoms with van der Waals surface area (Å²) in [5.74, 6) is 0.237. The fourth-order valence-electron chi connectivity index (χ4n) is 2.77. The van der Waals surface area contributed by atoms with Crippen molar-refractivity contribution < 1.29 is 4.74 Å². The number of fused-ring (bicyclic) bond motifs is 1. The zero-order valence-corrected chi connectivity index (χ0v) is 12.1. The molecule has 3 rings (SSSR count). The highest BCUT2D eigenvalue weighted by molar-refractivity contribution is 5.55. The van der Waals surface area contributed by atoms with Crippen LogP contribution in [0.4, 0.5) is 0 Å². The van der Waals surface area contributed by atoms with E-state index in [0.29, 0.717) is 11.5 Å². The van der Waals surface area contributed by atoms with Crippen LogP contribution in [0.3, 0.4) is 0 Å². The number of nitrogens with two attached hydrogens (primary N) is 1. The van der Waals surface area contributed by atoms with Gasteiger partial charge in [-0.05, 0) is 20.8 Å². The smallest absolute Gasteiger partial charge is 0.244 e. The van der Waals surface area contributed by atoms with Crippen molar-refractivity contribution in [1.29, 1.82) is 5.26 Å². The van der Waals surface area contributed by atoms with E-state index in [1.807, 2.05) is 25.5 Å². The Labute approximate surface area is 122 Å². The standard InChI is InChI=1S/C14H16N6O/c1-4-20-8(3)10(6-17-20)12-9(5-15)13(16)21-14-11(12)7(2)18-19-14/h6,12H,4,16H2,1-3H3,(H,18,19). The van der Waals surface area contributed by atoms with Gasteiger partial charge in [-0.2, -0.15) is 10.4 Å². The molecule has 1 aliphatic heterocycles. The summed E-state index contributed by atoms with van der Waals surface area (Å²) in [6, 6.07) is 2.17. The molecule has 1 atom stereocenters. The molecule has 7 heteroatoms. The third kappa shape index (κ3) is 1.80. The Bertz CT molecular complexity index is 776. The van der Waals surface area contributed by atoms with E-state index in [2.05, 4.69) is 21.4 Å². The average Bonchev–Trinajstić information content (AvgIpc) is 3.01. The molecule has 7 nitrogen and oxygen atoms in total. The average molecular weight is 284 g/mol. The minimum absolute atomic E-state index is 0.102. The third-order valence-electron chi connectivity index (χ3n) is 3.88. The van der Waals surface area contributed by atoms with Gasteiger partial charge in [0.25, 0.3) is 0 Å². The first-order valence-electron chi connectivity index (χ1n) is 6.73. The van der Waals surface area contributed by atoms with Gasteiger partial charge >= 0.3 is 0 Å². The van der Waals surface area contributed by atoms with E-state index < -0.39 is 0 Å². The lowest BCUT2D eigenvalue weighted by Crippen LogP contribution is -2.21. The first kappa shape index (κ1) is 13.2. The lowest BCUT2D eigenvalue weighted by molar-refractivity contribution is 0.378. The number of allylic oxidation sites excluding steroid dienone is 1. The zero-order valence-electron chi connectivity index (χ0n) is 12.1. The molecule has 0 fully saturated rings. The maximum atomic E-state index is 9.48. The molecule has 0 amide bonds. The van der Waals surface area contributed by atoms with Gasteiger partial charge in [0.1, 0.15) is 11.6 Å². The molecular weight excluding hydrogens is 268 g/mol. The monoisotopic (exact) mass is 284 g/mol. The molecule has 0 bridgehead atoms. The number of aromatic nitrogens is 4. The van der Waals surface area contributed by atoms with Crippen LogP contribution in [-0.4, -0.2) is 20.0 Å². The van der Waals surface area contributed by atoms with E-state index in [9.17, 15) is 5.26 Å². The number of H-pyrrole nitrogens is 1. The fraction of sp³-hybridized carbons (Fsp3) is 0.357. The second kappa shape index (κ2) is 4.66. The van der Waals surface area contributed by atoms with Crippen LogP contribution in [0, 0.1) is 25.2 Å². The molecule has 0 saturated carbocycles. The number of nitrogens with zero attached hydrogens (tertiary/aromatic N) is 4. The van der Waals surface area contributed by atoms with Crippen molar-refractivity contribution in [3.05, 3.63) is 40.2 Å². The molecule has 0 aliphatic carbocycles. The predicted octanol–water partition coefficient (Wildman–Crippen LogP) is 1.46. The van der Waals surface area contributed by atoms with Gasteiger partial charge in [0.2, 0.25) is 11.8 Å². The summed E-state index contributed by atoms with van der Waals surface area (Å²) in [4.78, 5) is 0. The summed E-state index contributed by atoms with van der Waals surface area (Å²) in [6.07, 6.45) is 1.79. The normalized spacial score (nSPS) is 17.3. The first-order chi connectivity index (χ1) is 10.1. The fourth-order valence-corrected chi connectivity index (χ4v) is 2.77. The number of hydrogen-bond acceptors (Lipinski definition) is 5. The second-order valence-electron chi connectivity index (χ2n) is 4.99. The van der Waals surface area contributed by atoms with Gasteiger partial charge in [-0.15, -0.1) is 5.10 Å². The Morgan fingerprint density at radius 1 is 1.52 bits per heavy atom. The number of ether oxygens (including phenoxy) is 1. The van der Waals surface area contributed by atoms with Crippen molar-refractivity contribution in [3.63, 3.8) is 0 Å². The van der Waals surface area contributed by atoms with Crippen molar-refractivity contribution in [2.45, 2.75) is 33.2 Å². The van der Waals surface area contributed by atoms with Crippen LogP contribution in [0.5, 0.6) is 5.88 Å². The Morgan fingerprint density at radius 2 is 2.29 bits per heavy atom. The van der Waals surface area contributed by atoms with E-state index in [-0.39, 0.29) is 11.8 Å². The SMILES string of the molecule is CCn1ncc(C2C(C#N)=C(N)Oc3n[nH]c(C)c32)c1C. The van der Waals surface area contributed by atoms with Crippen LogP contribution in [0.25, 0.3) is 0 Å². The minimum atomic E-state index is -0.294. The summed E-state index contributed by atoms with van der Waals surface area (Å²) in [6.45, 7) is 6.69. The van der Waals surface area contributed by atoms with Crippen LogP contribution in [-0.2, 0) is 6.54 Å². The second-order valence-corrected chi connectivity index (χ2v) is 4.99. The van der Waals surface area contributed by atoms with Gasteiger partial charge in [0.15, 0.2) is 0 Å². The molecule has 2 aromatic heterocycles. The highest BCUT2D eigenvalue weighted by Crippen LogP contribution is 2.43. The maximum Gasteiger partial charge on any atom is 0.244 e. The summed E-state index contributed by atoms with van der Waals surface area (Å²) >= 11 is 0. The number of aromatic amines is 1. The van der Waals surface area contributed by atoms with Gasteiger partial charge in [-0.3, -0.25) is 9.78 Å². The highest BCUT2D eigenvalue weighted by Gasteiger charge is 2.35. The van der Waals surface area contributed by atoms with Gasteiger partial charge in [0.05, 0.1) is 12.1 Å². The molecule has 0 radical (unpaired) electrons. The number of nitrogens with one attached hydrogen (secondary N) is 1. The third-order valence-corrected chi connectivity index (χ3v) is 3.88.